The van der Waals surface area contributed by atoms with E-state index in [2.05, 4.69) is 15.2 Å². The van der Waals surface area contributed by atoms with Gasteiger partial charge < -0.3 is 20.1 Å². The van der Waals surface area contributed by atoms with Crippen molar-refractivity contribution in [3.63, 3.8) is 0 Å². The maximum atomic E-state index is 11.8. The molecule has 2 atom stereocenters. The predicted octanol–water partition coefficient (Wildman–Crippen LogP) is 0.417. The Balaban J connectivity index is 2.15. The van der Waals surface area contributed by atoms with Crippen LogP contribution in [0.25, 0.3) is 0 Å². The summed E-state index contributed by atoms with van der Waals surface area (Å²) in [6, 6.07) is 3.65. The summed E-state index contributed by atoms with van der Waals surface area (Å²) < 4.78 is 5.62. The first kappa shape index (κ1) is 14.7. The van der Waals surface area contributed by atoms with Crippen molar-refractivity contribution in [1.82, 2.24) is 10.3 Å². The van der Waals surface area contributed by atoms with Gasteiger partial charge in [-0.3, -0.25) is 9.78 Å². The van der Waals surface area contributed by atoms with Crippen LogP contribution in [0.3, 0.4) is 0 Å². The molecule has 1 aliphatic rings. The summed E-state index contributed by atoms with van der Waals surface area (Å²) in [7, 11) is 0. The van der Waals surface area contributed by atoms with E-state index in [1.807, 2.05) is 19.9 Å². The summed E-state index contributed by atoms with van der Waals surface area (Å²) in [5.74, 6) is -0.172. The van der Waals surface area contributed by atoms with Crippen LogP contribution in [0.2, 0.25) is 0 Å². The molecule has 0 aliphatic carbocycles. The number of nitrogens with zero attached hydrogens (tertiary/aromatic N) is 2. The van der Waals surface area contributed by atoms with Crippen LogP contribution >= 0.6 is 0 Å². The molecular weight excluding hydrogens is 258 g/mol. The Hall–Kier alpha value is -1.66. The molecule has 6 heteroatoms. The molecule has 1 aromatic rings. The van der Waals surface area contributed by atoms with Gasteiger partial charge in [-0.25, -0.2) is 0 Å². The van der Waals surface area contributed by atoms with Gasteiger partial charge in [0.25, 0.3) is 5.91 Å². The second-order valence-electron chi connectivity index (χ2n) is 4.92. The van der Waals surface area contributed by atoms with E-state index >= 15 is 0 Å². The Bertz CT molecular complexity index is 467. The molecule has 110 valence electrons. The molecule has 0 bridgehead atoms. The first-order valence-corrected chi connectivity index (χ1v) is 6.89. The molecule has 20 heavy (non-hydrogen) atoms. The Labute approximate surface area is 118 Å². The lowest BCUT2D eigenvalue weighted by Crippen LogP contribution is -2.48. The molecule has 1 aromatic heterocycles. The van der Waals surface area contributed by atoms with E-state index in [1.54, 1.807) is 12.3 Å². The minimum absolute atomic E-state index is 0.00486. The van der Waals surface area contributed by atoms with Crippen molar-refractivity contribution < 1.29 is 14.6 Å². The molecule has 1 aliphatic heterocycles. The average molecular weight is 279 g/mol. The number of pyridine rings is 1. The van der Waals surface area contributed by atoms with E-state index in [1.165, 1.54) is 0 Å². The first-order chi connectivity index (χ1) is 9.63. The van der Waals surface area contributed by atoms with E-state index in [-0.39, 0.29) is 24.7 Å². The van der Waals surface area contributed by atoms with E-state index in [0.29, 0.717) is 18.8 Å². The highest BCUT2D eigenvalue weighted by Crippen LogP contribution is 2.20. The number of aliphatic hydroxyl groups excluding tert-OH is 1. The quantitative estimate of drug-likeness (QED) is 0.835. The molecule has 0 radical (unpaired) electrons. The lowest BCUT2D eigenvalue weighted by molar-refractivity contribution is -0.0421. The van der Waals surface area contributed by atoms with Crippen LogP contribution in [-0.2, 0) is 4.74 Å². The minimum atomic E-state index is -0.195. The SMILES string of the molecule is CCNC(=O)c1cc(N2CC(C)OC(CO)C2)ccn1. The summed E-state index contributed by atoms with van der Waals surface area (Å²) in [5, 5.41) is 12.0. The molecule has 0 saturated carbocycles. The number of anilines is 1. The fourth-order valence-corrected chi connectivity index (χ4v) is 2.35. The van der Waals surface area contributed by atoms with E-state index in [4.69, 9.17) is 4.74 Å². The van der Waals surface area contributed by atoms with Gasteiger partial charge in [-0.15, -0.1) is 0 Å². The number of carbonyl (C=O) groups excluding carboxylic acids is 1. The third-order valence-corrected chi connectivity index (χ3v) is 3.21. The maximum Gasteiger partial charge on any atom is 0.269 e. The van der Waals surface area contributed by atoms with Crippen molar-refractivity contribution in [3.8, 4) is 0 Å². The molecule has 6 nitrogen and oxygen atoms in total. The number of amides is 1. The molecule has 0 spiro atoms. The highest BCUT2D eigenvalue weighted by Gasteiger charge is 2.25. The minimum Gasteiger partial charge on any atom is -0.394 e. The third kappa shape index (κ3) is 3.46. The Morgan fingerprint density at radius 1 is 1.60 bits per heavy atom. The van der Waals surface area contributed by atoms with Gasteiger partial charge in [-0.05, 0) is 26.0 Å². The van der Waals surface area contributed by atoms with Crippen LogP contribution in [0.15, 0.2) is 18.3 Å². The molecule has 2 heterocycles. The molecule has 2 rings (SSSR count). The number of carbonyl (C=O) groups is 1. The number of morpholine rings is 1. The summed E-state index contributed by atoms with van der Waals surface area (Å²) in [4.78, 5) is 18.0. The van der Waals surface area contributed by atoms with E-state index in [9.17, 15) is 9.90 Å². The van der Waals surface area contributed by atoms with E-state index in [0.717, 1.165) is 12.2 Å². The summed E-state index contributed by atoms with van der Waals surface area (Å²) in [6.45, 7) is 5.76. The number of nitrogens with one attached hydrogen (secondary N) is 1. The second kappa shape index (κ2) is 6.67. The second-order valence-corrected chi connectivity index (χ2v) is 4.92. The van der Waals surface area contributed by atoms with Gasteiger partial charge in [0.15, 0.2) is 0 Å². The van der Waals surface area contributed by atoms with E-state index < -0.39 is 0 Å². The van der Waals surface area contributed by atoms with Crippen molar-refractivity contribution in [3.05, 3.63) is 24.0 Å². The fourth-order valence-electron chi connectivity index (χ4n) is 2.35. The molecule has 1 amide bonds. The highest BCUT2D eigenvalue weighted by atomic mass is 16.5. The standard InChI is InChI=1S/C14H21N3O3/c1-3-15-14(19)13-6-11(4-5-16-13)17-7-10(2)20-12(8-17)9-18/h4-6,10,12,18H,3,7-9H2,1-2H3,(H,15,19). The third-order valence-electron chi connectivity index (χ3n) is 3.21. The van der Waals surface area contributed by atoms with Crippen LogP contribution in [0, 0.1) is 0 Å². The van der Waals surface area contributed by atoms with Crippen molar-refractivity contribution in [1.29, 1.82) is 0 Å². The fraction of sp³-hybridized carbons (Fsp3) is 0.571. The van der Waals surface area contributed by atoms with Crippen molar-refractivity contribution in [2.75, 3.05) is 31.1 Å². The zero-order valence-electron chi connectivity index (χ0n) is 11.9. The molecular formula is C14H21N3O3. The lowest BCUT2D eigenvalue weighted by Gasteiger charge is -2.37. The van der Waals surface area contributed by atoms with Gasteiger partial charge in [0.05, 0.1) is 18.8 Å². The Morgan fingerprint density at radius 2 is 2.40 bits per heavy atom. The topological polar surface area (TPSA) is 74.7 Å². The molecule has 2 unspecified atom stereocenters. The zero-order chi connectivity index (χ0) is 14.5. The normalized spacial score (nSPS) is 22.6. The summed E-state index contributed by atoms with van der Waals surface area (Å²) >= 11 is 0. The molecule has 2 N–H and O–H groups in total. The van der Waals surface area contributed by atoms with Crippen LogP contribution < -0.4 is 10.2 Å². The molecule has 1 fully saturated rings. The number of ether oxygens (including phenoxy) is 1. The predicted molar refractivity (Wildman–Crippen MR) is 75.9 cm³/mol. The van der Waals surface area contributed by atoms with Gasteiger partial charge in [0.1, 0.15) is 5.69 Å². The van der Waals surface area contributed by atoms with Gasteiger partial charge >= 0.3 is 0 Å². The highest BCUT2D eigenvalue weighted by molar-refractivity contribution is 5.93. The van der Waals surface area contributed by atoms with Gasteiger partial charge in [-0.1, -0.05) is 0 Å². The van der Waals surface area contributed by atoms with Crippen LogP contribution in [-0.4, -0.2) is 54.4 Å². The smallest absolute Gasteiger partial charge is 0.269 e. The van der Waals surface area contributed by atoms with Crippen molar-refractivity contribution >= 4 is 11.6 Å². The number of aliphatic hydroxyl groups is 1. The first-order valence-electron chi connectivity index (χ1n) is 6.89. The summed E-state index contributed by atoms with van der Waals surface area (Å²) in [6.07, 6.45) is 1.48. The number of hydrogen-bond donors (Lipinski definition) is 2. The number of aromatic nitrogens is 1. The van der Waals surface area contributed by atoms with Crippen LogP contribution in [0.1, 0.15) is 24.3 Å². The van der Waals surface area contributed by atoms with Gasteiger partial charge in [0.2, 0.25) is 0 Å². The number of rotatable bonds is 4. The summed E-state index contributed by atoms with van der Waals surface area (Å²) in [5.41, 5.74) is 1.33. The molecule has 1 saturated heterocycles. The van der Waals surface area contributed by atoms with Gasteiger partial charge in [-0.2, -0.15) is 0 Å². The largest absolute Gasteiger partial charge is 0.394 e. The van der Waals surface area contributed by atoms with Crippen LogP contribution in [0.4, 0.5) is 5.69 Å². The Kier molecular flexibility index (Phi) is 4.92. The zero-order valence-corrected chi connectivity index (χ0v) is 11.9. The molecule has 0 aromatic carbocycles. The number of hydrogen-bond acceptors (Lipinski definition) is 5. The Morgan fingerprint density at radius 3 is 3.10 bits per heavy atom. The maximum absolute atomic E-state index is 11.8. The monoisotopic (exact) mass is 279 g/mol. The van der Waals surface area contributed by atoms with Crippen molar-refractivity contribution in [2.45, 2.75) is 26.1 Å². The van der Waals surface area contributed by atoms with Crippen molar-refractivity contribution in [2.24, 2.45) is 0 Å². The lowest BCUT2D eigenvalue weighted by atomic mass is 10.2. The average Bonchev–Trinajstić information content (AvgIpc) is 2.47. The van der Waals surface area contributed by atoms with Gasteiger partial charge in [0, 0.05) is 31.5 Å². The van der Waals surface area contributed by atoms with Crippen LogP contribution in [0.5, 0.6) is 0 Å².